The van der Waals surface area contributed by atoms with Gasteiger partial charge in [-0.25, -0.2) is 0 Å². The van der Waals surface area contributed by atoms with Crippen LogP contribution in [0.1, 0.15) is 6.92 Å². The quantitative estimate of drug-likeness (QED) is 0.456. The molecule has 6 nitrogen and oxygen atoms in total. The van der Waals surface area contributed by atoms with E-state index >= 15 is 0 Å². The first-order chi connectivity index (χ1) is 10.7. The van der Waals surface area contributed by atoms with Gasteiger partial charge in [0.2, 0.25) is 0 Å². The highest BCUT2D eigenvalue weighted by Crippen LogP contribution is 2.24. The van der Waals surface area contributed by atoms with Crippen molar-refractivity contribution in [2.24, 2.45) is 16.8 Å². The summed E-state index contributed by atoms with van der Waals surface area (Å²) in [4.78, 5) is 19.0. The molecule has 1 heterocycles. The molecule has 0 aliphatic carbocycles. The zero-order valence-electron chi connectivity index (χ0n) is 14.0. The summed E-state index contributed by atoms with van der Waals surface area (Å²) in [7, 11) is 4.39. The molecule has 0 aromatic rings. The summed E-state index contributed by atoms with van der Waals surface area (Å²) in [5.41, 5.74) is 0. The molecule has 2 unspecified atom stereocenters. The average molecular weight is 338 g/mol. The zero-order valence-corrected chi connectivity index (χ0v) is 14.0. The van der Waals surface area contributed by atoms with Crippen LogP contribution in [-0.4, -0.2) is 81.8 Å². The van der Waals surface area contributed by atoms with E-state index in [1.54, 1.807) is 7.05 Å². The molecule has 1 aliphatic rings. The SMILES string of the molecule is CN=C(NCCN(C)CC(F)(F)F)N1CC(C)C(C(=O)OC)C1. The van der Waals surface area contributed by atoms with Crippen molar-refractivity contribution in [3.05, 3.63) is 0 Å². The number of carbonyl (C=O) groups is 1. The number of nitrogens with one attached hydrogen (secondary N) is 1. The maximum atomic E-state index is 12.3. The van der Waals surface area contributed by atoms with Crippen LogP contribution >= 0.6 is 0 Å². The second-order valence-electron chi connectivity index (χ2n) is 5.84. The van der Waals surface area contributed by atoms with Crippen molar-refractivity contribution in [1.29, 1.82) is 0 Å². The largest absolute Gasteiger partial charge is 0.469 e. The molecule has 0 saturated carbocycles. The van der Waals surface area contributed by atoms with Gasteiger partial charge >= 0.3 is 12.1 Å². The minimum Gasteiger partial charge on any atom is -0.469 e. The minimum absolute atomic E-state index is 0.133. The lowest BCUT2D eigenvalue weighted by Gasteiger charge is -2.23. The molecular weight excluding hydrogens is 313 g/mol. The first-order valence-corrected chi connectivity index (χ1v) is 7.46. The van der Waals surface area contributed by atoms with Crippen molar-refractivity contribution in [3.8, 4) is 0 Å². The molecule has 134 valence electrons. The van der Waals surface area contributed by atoms with Gasteiger partial charge in [0, 0.05) is 33.2 Å². The van der Waals surface area contributed by atoms with E-state index in [0.717, 1.165) is 0 Å². The van der Waals surface area contributed by atoms with Crippen LogP contribution in [0.2, 0.25) is 0 Å². The number of hydrogen-bond donors (Lipinski definition) is 1. The molecule has 0 radical (unpaired) electrons. The van der Waals surface area contributed by atoms with Gasteiger partial charge in [0.25, 0.3) is 0 Å². The Balaban J connectivity index is 2.45. The second kappa shape index (κ2) is 8.37. The smallest absolute Gasteiger partial charge is 0.401 e. The van der Waals surface area contributed by atoms with Gasteiger partial charge in [-0.2, -0.15) is 13.2 Å². The summed E-state index contributed by atoms with van der Waals surface area (Å²) in [6, 6.07) is 0. The predicted molar refractivity (Wildman–Crippen MR) is 81.2 cm³/mol. The van der Waals surface area contributed by atoms with E-state index < -0.39 is 12.7 Å². The van der Waals surface area contributed by atoms with Crippen molar-refractivity contribution < 1.29 is 22.7 Å². The molecular formula is C14H25F3N4O2. The Morgan fingerprint density at radius 3 is 2.61 bits per heavy atom. The lowest BCUT2D eigenvalue weighted by molar-refractivity contribution is -0.146. The van der Waals surface area contributed by atoms with Gasteiger partial charge in [-0.1, -0.05) is 6.92 Å². The number of methoxy groups -OCH3 is 1. The summed E-state index contributed by atoms with van der Waals surface area (Å²) in [5.74, 6) is 0.254. The highest BCUT2D eigenvalue weighted by molar-refractivity contribution is 5.82. The molecule has 1 saturated heterocycles. The molecule has 0 spiro atoms. The first kappa shape index (κ1) is 19.5. The summed E-state index contributed by atoms with van der Waals surface area (Å²) < 4.78 is 41.6. The normalized spacial score (nSPS) is 22.6. The molecule has 0 bridgehead atoms. The summed E-state index contributed by atoms with van der Waals surface area (Å²) in [5, 5.41) is 3.04. The Labute approximate surface area is 134 Å². The number of rotatable bonds is 5. The summed E-state index contributed by atoms with van der Waals surface area (Å²) in [6.45, 7) is 2.74. The van der Waals surface area contributed by atoms with Crippen molar-refractivity contribution in [2.75, 3.05) is 53.9 Å². The Bertz CT molecular complexity index is 429. The number of alkyl halides is 3. The van der Waals surface area contributed by atoms with Gasteiger partial charge in [0.15, 0.2) is 5.96 Å². The van der Waals surface area contributed by atoms with Crippen LogP contribution in [0.5, 0.6) is 0 Å². The lowest BCUT2D eigenvalue weighted by atomic mass is 9.99. The molecule has 0 aromatic carbocycles. The van der Waals surface area contributed by atoms with Crippen LogP contribution in [0.25, 0.3) is 0 Å². The fourth-order valence-corrected chi connectivity index (χ4v) is 2.67. The highest BCUT2D eigenvalue weighted by atomic mass is 19.4. The zero-order chi connectivity index (χ0) is 17.6. The predicted octanol–water partition coefficient (Wildman–Crippen LogP) is 0.797. The van der Waals surface area contributed by atoms with E-state index in [2.05, 4.69) is 10.3 Å². The third-order valence-corrected chi connectivity index (χ3v) is 3.85. The number of aliphatic imine (C=N–C) groups is 1. The number of halogens is 3. The van der Waals surface area contributed by atoms with Gasteiger partial charge in [0.1, 0.15) is 0 Å². The van der Waals surface area contributed by atoms with Crippen LogP contribution in [0, 0.1) is 11.8 Å². The molecule has 2 atom stereocenters. The Morgan fingerprint density at radius 2 is 2.09 bits per heavy atom. The number of hydrogen-bond acceptors (Lipinski definition) is 4. The number of guanidine groups is 1. The lowest BCUT2D eigenvalue weighted by Crippen LogP contribution is -2.44. The monoisotopic (exact) mass is 338 g/mol. The van der Waals surface area contributed by atoms with Crippen molar-refractivity contribution >= 4 is 11.9 Å². The highest BCUT2D eigenvalue weighted by Gasteiger charge is 2.36. The van der Waals surface area contributed by atoms with E-state index in [0.29, 0.717) is 25.6 Å². The van der Waals surface area contributed by atoms with E-state index in [9.17, 15) is 18.0 Å². The Morgan fingerprint density at radius 1 is 1.43 bits per heavy atom. The summed E-state index contributed by atoms with van der Waals surface area (Å²) >= 11 is 0. The Hall–Kier alpha value is -1.51. The average Bonchev–Trinajstić information content (AvgIpc) is 2.82. The van der Waals surface area contributed by atoms with E-state index in [-0.39, 0.29) is 24.3 Å². The minimum atomic E-state index is -4.20. The topological polar surface area (TPSA) is 57.2 Å². The first-order valence-electron chi connectivity index (χ1n) is 7.46. The van der Waals surface area contributed by atoms with Crippen LogP contribution in [-0.2, 0) is 9.53 Å². The van der Waals surface area contributed by atoms with Crippen LogP contribution in [0.15, 0.2) is 4.99 Å². The van der Waals surface area contributed by atoms with Crippen LogP contribution < -0.4 is 5.32 Å². The van der Waals surface area contributed by atoms with Crippen molar-refractivity contribution in [3.63, 3.8) is 0 Å². The molecule has 23 heavy (non-hydrogen) atoms. The number of likely N-dealkylation sites (N-methyl/N-ethyl adjacent to an activating group) is 1. The van der Waals surface area contributed by atoms with Crippen molar-refractivity contribution in [1.82, 2.24) is 15.1 Å². The molecule has 1 aliphatic heterocycles. The molecule has 9 heteroatoms. The number of nitrogens with zero attached hydrogens (tertiary/aromatic N) is 3. The number of esters is 1. The van der Waals surface area contributed by atoms with Gasteiger partial charge < -0.3 is 15.0 Å². The van der Waals surface area contributed by atoms with Crippen LogP contribution in [0.4, 0.5) is 13.2 Å². The Kier molecular flexibility index (Phi) is 7.11. The maximum Gasteiger partial charge on any atom is 0.401 e. The van der Waals surface area contributed by atoms with E-state index in [1.165, 1.54) is 19.1 Å². The number of likely N-dealkylation sites (tertiary alicyclic amines) is 1. The molecule has 1 fully saturated rings. The van der Waals surface area contributed by atoms with Gasteiger partial charge in [-0.15, -0.1) is 0 Å². The summed E-state index contributed by atoms with van der Waals surface area (Å²) in [6.07, 6.45) is -4.20. The standard InChI is InChI=1S/C14H25F3N4O2/c1-10-7-21(8-11(10)12(22)23-4)13(18-2)19-5-6-20(3)9-14(15,16)17/h10-11H,5-9H2,1-4H3,(H,18,19). The molecule has 0 aromatic heterocycles. The second-order valence-corrected chi connectivity index (χ2v) is 5.84. The van der Waals surface area contributed by atoms with Gasteiger partial charge in [-0.3, -0.25) is 14.7 Å². The van der Waals surface area contributed by atoms with E-state index in [4.69, 9.17) is 4.74 Å². The third kappa shape index (κ3) is 6.25. The van der Waals surface area contributed by atoms with Gasteiger partial charge in [0.05, 0.1) is 19.6 Å². The molecule has 0 amide bonds. The number of ether oxygens (including phenoxy) is 1. The van der Waals surface area contributed by atoms with Crippen LogP contribution in [0.3, 0.4) is 0 Å². The molecule has 1 rings (SSSR count). The number of carbonyl (C=O) groups excluding carboxylic acids is 1. The maximum absolute atomic E-state index is 12.3. The fourth-order valence-electron chi connectivity index (χ4n) is 2.67. The fraction of sp³-hybridized carbons (Fsp3) is 0.857. The molecule has 1 N–H and O–H groups in total. The van der Waals surface area contributed by atoms with E-state index in [1.807, 2.05) is 11.8 Å². The third-order valence-electron chi connectivity index (χ3n) is 3.85. The van der Waals surface area contributed by atoms with Gasteiger partial charge in [-0.05, 0) is 13.0 Å². The van der Waals surface area contributed by atoms with Crippen molar-refractivity contribution in [2.45, 2.75) is 13.1 Å².